The average Bonchev–Trinajstić information content (AvgIpc) is 3.42. The van der Waals surface area contributed by atoms with Crippen LogP contribution in [-0.4, -0.2) is 33.1 Å². The minimum absolute atomic E-state index is 0.324. The molecule has 7 heteroatoms. The molecule has 0 aliphatic heterocycles. The standard InChI is InChI=1S/C15H16FNO2.C15H17NO2/c1-15(2,3)19-13(18)8-7-10-5-4-6-12-14(10)11(16)9-17-12;1-15(2,3)18-14(17)8-7-11-5-4-6-13-12(11)9-10-16-13/h4-9,17H,1-3H3;4-10,16H,1-3H3/b2*8-7+. The van der Waals surface area contributed by atoms with Crippen LogP contribution in [0.2, 0.25) is 0 Å². The van der Waals surface area contributed by atoms with E-state index < -0.39 is 17.2 Å². The first-order valence-corrected chi connectivity index (χ1v) is 12.0. The molecule has 0 aliphatic rings. The average molecular weight is 505 g/mol. The highest BCUT2D eigenvalue weighted by molar-refractivity contribution is 5.95. The fraction of sp³-hybridized carbons (Fsp3) is 0.267. The van der Waals surface area contributed by atoms with Gasteiger partial charge in [-0.3, -0.25) is 0 Å². The molecule has 0 saturated carbocycles. The van der Waals surface area contributed by atoms with Crippen LogP contribution >= 0.6 is 0 Å². The molecule has 2 aromatic heterocycles. The number of aromatic amines is 2. The van der Waals surface area contributed by atoms with Gasteiger partial charge in [0.25, 0.3) is 0 Å². The maximum atomic E-state index is 13.6. The van der Waals surface area contributed by atoms with Gasteiger partial charge in [-0.2, -0.15) is 0 Å². The second-order valence-electron chi connectivity index (χ2n) is 10.4. The van der Waals surface area contributed by atoms with E-state index in [9.17, 15) is 14.0 Å². The highest BCUT2D eigenvalue weighted by atomic mass is 19.1. The third-order valence-corrected chi connectivity index (χ3v) is 4.93. The van der Waals surface area contributed by atoms with Crippen molar-refractivity contribution in [3.8, 4) is 0 Å². The molecule has 2 aromatic carbocycles. The Bertz CT molecular complexity index is 1450. The topological polar surface area (TPSA) is 84.2 Å². The van der Waals surface area contributed by atoms with E-state index in [0.29, 0.717) is 16.5 Å². The van der Waals surface area contributed by atoms with Gasteiger partial charge in [0.2, 0.25) is 0 Å². The van der Waals surface area contributed by atoms with Gasteiger partial charge in [0.15, 0.2) is 0 Å². The summed E-state index contributed by atoms with van der Waals surface area (Å²) in [6.07, 6.45) is 9.31. The van der Waals surface area contributed by atoms with E-state index in [1.807, 2.05) is 51.2 Å². The second kappa shape index (κ2) is 11.3. The van der Waals surface area contributed by atoms with E-state index in [-0.39, 0.29) is 11.8 Å². The van der Waals surface area contributed by atoms with Crippen LogP contribution in [0.3, 0.4) is 0 Å². The summed E-state index contributed by atoms with van der Waals surface area (Å²) in [5, 5.41) is 1.57. The number of nitrogens with one attached hydrogen (secondary N) is 2. The first-order valence-electron chi connectivity index (χ1n) is 12.0. The molecule has 0 saturated heterocycles. The molecule has 0 bridgehead atoms. The van der Waals surface area contributed by atoms with E-state index in [1.165, 1.54) is 18.3 Å². The molecule has 2 N–H and O–H groups in total. The minimum atomic E-state index is -0.535. The zero-order valence-electron chi connectivity index (χ0n) is 22.0. The normalized spacial score (nSPS) is 12.2. The van der Waals surface area contributed by atoms with Gasteiger partial charge in [0.05, 0.1) is 0 Å². The highest BCUT2D eigenvalue weighted by Crippen LogP contribution is 2.23. The number of rotatable bonds is 4. The third-order valence-electron chi connectivity index (χ3n) is 4.93. The second-order valence-corrected chi connectivity index (χ2v) is 10.4. The number of carbonyl (C=O) groups excluding carboxylic acids is 2. The Hall–Kier alpha value is -4.13. The molecule has 0 atom stereocenters. The summed E-state index contributed by atoms with van der Waals surface area (Å²) in [6.45, 7) is 10.9. The summed E-state index contributed by atoms with van der Waals surface area (Å²) in [7, 11) is 0. The van der Waals surface area contributed by atoms with Crippen molar-refractivity contribution in [2.45, 2.75) is 52.7 Å². The molecule has 0 unspecified atom stereocenters. The van der Waals surface area contributed by atoms with Crippen LogP contribution in [0, 0.1) is 5.82 Å². The van der Waals surface area contributed by atoms with Gasteiger partial charge in [-0.05, 0) is 83.0 Å². The Morgan fingerprint density at radius 1 is 0.757 bits per heavy atom. The Labute approximate surface area is 216 Å². The number of hydrogen-bond donors (Lipinski definition) is 2. The van der Waals surface area contributed by atoms with Crippen molar-refractivity contribution in [1.29, 1.82) is 0 Å². The van der Waals surface area contributed by atoms with E-state index in [0.717, 1.165) is 16.5 Å². The first kappa shape index (κ1) is 27.5. The largest absolute Gasteiger partial charge is 0.457 e. The molecular weight excluding hydrogens is 471 g/mol. The molecule has 0 aliphatic carbocycles. The van der Waals surface area contributed by atoms with Crippen LogP contribution in [0.15, 0.2) is 67.0 Å². The molecular formula is C30H33FN2O4. The number of H-pyrrole nitrogens is 2. The highest BCUT2D eigenvalue weighted by Gasteiger charge is 2.15. The maximum absolute atomic E-state index is 13.6. The molecule has 0 fully saturated rings. The monoisotopic (exact) mass is 504 g/mol. The molecule has 6 nitrogen and oxygen atoms in total. The van der Waals surface area contributed by atoms with Crippen LogP contribution < -0.4 is 0 Å². The Balaban J connectivity index is 0.000000206. The van der Waals surface area contributed by atoms with E-state index >= 15 is 0 Å². The quantitative estimate of drug-likeness (QED) is 0.228. The fourth-order valence-corrected chi connectivity index (χ4v) is 3.55. The lowest BCUT2D eigenvalue weighted by Gasteiger charge is -2.17. The third kappa shape index (κ3) is 8.20. The van der Waals surface area contributed by atoms with Crippen molar-refractivity contribution in [3.05, 3.63) is 84.0 Å². The molecule has 2 heterocycles. The van der Waals surface area contributed by atoms with Crippen LogP contribution in [0.25, 0.3) is 34.0 Å². The SMILES string of the molecule is CC(C)(C)OC(=O)/C=C/c1cccc2[nH]cc(F)c12.CC(C)(C)OC(=O)/C=C/c1cccc2[nH]ccc12. The predicted octanol–water partition coefficient (Wildman–Crippen LogP) is 7.18. The van der Waals surface area contributed by atoms with E-state index in [2.05, 4.69) is 9.97 Å². The van der Waals surface area contributed by atoms with Crippen molar-refractivity contribution < 1.29 is 23.5 Å². The van der Waals surface area contributed by atoms with Gasteiger partial charge in [0.1, 0.15) is 17.0 Å². The van der Waals surface area contributed by atoms with Gasteiger partial charge in [0, 0.05) is 46.4 Å². The van der Waals surface area contributed by atoms with Crippen LogP contribution in [-0.2, 0) is 19.1 Å². The predicted molar refractivity (Wildman–Crippen MR) is 146 cm³/mol. The summed E-state index contributed by atoms with van der Waals surface area (Å²) in [6, 6.07) is 13.2. The summed E-state index contributed by atoms with van der Waals surface area (Å²) in [4.78, 5) is 29.1. The Morgan fingerprint density at radius 3 is 1.89 bits per heavy atom. The number of carbonyl (C=O) groups is 2. The van der Waals surface area contributed by atoms with Gasteiger partial charge in [-0.1, -0.05) is 24.3 Å². The van der Waals surface area contributed by atoms with E-state index in [1.54, 1.807) is 51.1 Å². The van der Waals surface area contributed by atoms with Crippen LogP contribution in [0.4, 0.5) is 4.39 Å². The molecule has 0 spiro atoms. The molecule has 4 rings (SSSR count). The van der Waals surface area contributed by atoms with Crippen molar-refractivity contribution in [2.75, 3.05) is 0 Å². The van der Waals surface area contributed by atoms with Gasteiger partial charge < -0.3 is 19.4 Å². The number of fused-ring (bicyclic) bond motifs is 2. The number of benzene rings is 2. The summed E-state index contributed by atoms with van der Waals surface area (Å²) in [5.41, 5.74) is 2.40. The van der Waals surface area contributed by atoms with Crippen molar-refractivity contribution >= 4 is 45.9 Å². The molecule has 37 heavy (non-hydrogen) atoms. The molecule has 194 valence electrons. The van der Waals surface area contributed by atoms with Gasteiger partial charge in [-0.25, -0.2) is 14.0 Å². The summed E-state index contributed by atoms with van der Waals surface area (Å²) >= 11 is 0. The zero-order valence-corrected chi connectivity index (χ0v) is 22.0. The number of aromatic nitrogens is 2. The van der Waals surface area contributed by atoms with Gasteiger partial charge in [-0.15, -0.1) is 0 Å². The van der Waals surface area contributed by atoms with Crippen molar-refractivity contribution in [1.82, 2.24) is 9.97 Å². The summed E-state index contributed by atoms with van der Waals surface area (Å²) in [5.74, 6) is -1.10. The van der Waals surface area contributed by atoms with E-state index in [4.69, 9.17) is 9.47 Å². The minimum Gasteiger partial charge on any atom is -0.457 e. The number of hydrogen-bond acceptors (Lipinski definition) is 4. The van der Waals surface area contributed by atoms with Crippen LogP contribution in [0.1, 0.15) is 52.7 Å². The lowest BCUT2D eigenvalue weighted by atomic mass is 10.1. The summed E-state index contributed by atoms with van der Waals surface area (Å²) < 4.78 is 24.0. The zero-order chi connectivity index (χ0) is 27.2. The molecule has 0 radical (unpaired) electrons. The lowest BCUT2D eigenvalue weighted by Crippen LogP contribution is -2.22. The number of halogens is 1. The van der Waals surface area contributed by atoms with Crippen molar-refractivity contribution in [2.24, 2.45) is 0 Å². The van der Waals surface area contributed by atoms with Crippen LogP contribution in [0.5, 0.6) is 0 Å². The fourth-order valence-electron chi connectivity index (χ4n) is 3.55. The number of ether oxygens (including phenoxy) is 2. The molecule has 0 amide bonds. The van der Waals surface area contributed by atoms with Crippen molar-refractivity contribution in [3.63, 3.8) is 0 Å². The smallest absolute Gasteiger partial charge is 0.331 e. The van der Waals surface area contributed by atoms with Gasteiger partial charge >= 0.3 is 11.9 Å². The lowest BCUT2D eigenvalue weighted by molar-refractivity contribution is -0.149. The Morgan fingerprint density at radius 2 is 1.30 bits per heavy atom. The number of esters is 2. The molecule has 4 aromatic rings. The maximum Gasteiger partial charge on any atom is 0.331 e. The first-order chi connectivity index (χ1) is 17.3. The Kier molecular flexibility index (Phi) is 8.38.